The first-order valence-electron chi connectivity index (χ1n) is 9.01. The number of halogens is 1. The molecule has 0 unspecified atom stereocenters. The molecular formula is C20H23ClN2O5S. The second-order valence-corrected chi connectivity index (χ2v) is 9.59. The molecule has 3 rings (SSSR count). The molecule has 0 bridgehead atoms. The quantitative estimate of drug-likeness (QED) is 0.775. The predicted octanol–water partition coefficient (Wildman–Crippen LogP) is 3.16. The highest BCUT2D eigenvalue weighted by molar-refractivity contribution is 7.89. The molecule has 0 saturated carbocycles. The lowest BCUT2D eigenvalue weighted by atomic mass is 10.1. The lowest BCUT2D eigenvalue weighted by Crippen LogP contribution is -2.23. The Kier molecular flexibility index (Phi) is 6.07. The summed E-state index contributed by atoms with van der Waals surface area (Å²) in [6, 6.07) is 6.47. The maximum atomic E-state index is 12.6. The molecule has 0 spiro atoms. The van der Waals surface area contributed by atoms with Crippen LogP contribution in [0, 0.1) is 13.8 Å². The van der Waals surface area contributed by atoms with Crippen LogP contribution < -0.4 is 14.8 Å². The minimum atomic E-state index is -3.62. The van der Waals surface area contributed by atoms with E-state index >= 15 is 0 Å². The van der Waals surface area contributed by atoms with E-state index in [4.69, 9.17) is 21.1 Å². The molecule has 0 radical (unpaired) electrons. The van der Waals surface area contributed by atoms with Crippen molar-refractivity contribution >= 4 is 33.2 Å². The summed E-state index contributed by atoms with van der Waals surface area (Å²) in [6.45, 7) is 4.49. The first-order chi connectivity index (χ1) is 13.6. The summed E-state index contributed by atoms with van der Waals surface area (Å²) in [4.78, 5) is 12.8. The normalized spacial score (nSPS) is 13.4. The highest BCUT2D eigenvalue weighted by atomic mass is 35.5. The fraction of sp³-hybridized carbons (Fsp3) is 0.350. The van der Waals surface area contributed by atoms with Gasteiger partial charge in [0.25, 0.3) is 0 Å². The van der Waals surface area contributed by atoms with Gasteiger partial charge in [-0.2, -0.15) is 0 Å². The molecule has 1 amide bonds. The molecule has 0 aromatic heterocycles. The molecule has 0 fully saturated rings. The molecule has 1 N–H and O–H groups in total. The van der Waals surface area contributed by atoms with Gasteiger partial charge in [-0.1, -0.05) is 11.6 Å². The largest absolute Gasteiger partial charge is 0.486 e. The number of fused-ring (bicyclic) bond motifs is 1. The number of benzene rings is 2. The maximum absolute atomic E-state index is 12.6. The van der Waals surface area contributed by atoms with E-state index in [0.717, 1.165) is 15.4 Å². The Balaban J connectivity index is 1.84. The third-order valence-corrected chi connectivity index (χ3v) is 6.79. The number of amides is 1. The number of sulfonamides is 1. The number of rotatable bonds is 5. The Labute approximate surface area is 175 Å². The molecule has 1 heterocycles. The van der Waals surface area contributed by atoms with Crippen molar-refractivity contribution in [2.45, 2.75) is 25.2 Å². The predicted molar refractivity (Wildman–Crippen MR) is 112 cm³/mol. The number of hydrogen-bond acceptors (Lipinski definition) is 5. The molecule has 7 nitrogen and oxygen atoms in total. The van der Waals surface area contributed by atoms with E-state index in [1.54, 1.807) is 25.1 Å². The molecule has 2 aromatic rings. The third-order valence-electron chi connectivity index (χ3n) is 4.71. The molecule has 9 heteroatoms. The average Bonchev–Trinajstić information content (AvgIpc) is 2.65. The topological polar surface area (TPSA) is 84.9 Å². The van der Waals surface area contributed by atoms with Crippen LogP contribution in [0.15, 0.2) is 29.2 Å². The number of carbonyl (C=O) groups excluding carboxylic acids is 1. The van der Waals surface area contributed by atoms with Gasteiger partial charge in [0.15, 0.2) is 11.5 Å². The Morgan fingerprint density at radius 3 is 2.52 bits per heavy atom. The number of nitrogens with one attached hydrogen (secondary N) is 1. The van der Waals surface area contributed by atoms with E-state index in [1.807, 2.05) is 6.92 Å². The Bertz CT molecular complexity index is 1070. The molecule has 1 aliphatic heterocycles. The Morgan fingerprint density at radius 2 is 1.83 bits per heavy atom. The van der Waals surface area contributed by atoms with E-state index < -0.39 is 10.0 Å². The lowest BCUT2D eigenvalue weighted by molar-refractivity contribution is -0.115. The molecular weight excluding hydrogens is 416 g/mol. The van der Waals surface area contributed by atoms with Gasteiger partial charge in [0.1, 0.15) is 13.2 Å². The standard InChI is InChI=1S/C20H23ClN2O5S/c1-12-7-15(29(25,26)23(3)4)11-17(13(12)2)22-19(24)10-14-8-16(21)20-18(9-14)27-5-6-28-20/h7-9,11H,5-6,10H2,1-4H3,(H,22,24). The summed E-state index contributed by atoms with van der Waals surface area (Å²) < 4.78 is 37.1. The molecule has 1 aliphatic rings. The molecule has 2 aromatic carbocycles. The van der Waals surface area contributed by atoms with Crippen molar-refractivity contribution in [3.8, 4) is 11.5 Å². The van der Waals surface area contributed by atoms with Crippen molar-refractivity contribution in [2.75, 3.05) is 32.6 Å². The van der Waals surface area contributed by atoms with E-state index in [-0.39, 0.29) is 17.2 Å². The number of ether oxygens (including phenoxy) is 2. The van der Waals surface area contributed by atoms with Crippen molar-refractivity contribution in [3.63, 3.8) is 0 Å². The van der Waals surface area contributed by atoms with Gasteiger partial charge in [0.2, 0.25) is 15.9 Å². The van der Waals surface area contributed by atoms with Crippen LogP contribution in [0.5, 0.6) is 11.5 Å². The van der Waals surface area contributed by atoms with Gasteiger partial charge in [0.05, 0.1) is 16.3 Å². The van der Waals surface area contributed by atoms with Crippen molar-refractivity contribution in [1.29, 1.82) is 0 Å². The van der Waals surface area contributed by atoms with Gasteiger partial charge in [-0.05, 0) is 54.8 Å². The van der Waals surface area contributed by atoms with Crippen LogP contribution in [0.1, 0.15) is 16.7 Å². The molecule has 0 saturated heterocycles. The van der Waals surface area contributed by atoms with Crippen LogP contribution in [0.2, 0.25) is 5.02 Å². The smallest absolute Gasteiger partial charge is 0.242 e. The van der Waals surface area contributed by atoms with Crippen molar-refractivity contribution in [1.82, 2.24) is 4.31 Å². The fourth-order valence-corrected chi connectivity index (χ4v) is 4.26. The van der Waals surface area contributed by atoms with Crippen LogP contribution in [-0.4, -0.2) is 45.9 Å². The molecule has 0 aliphatic carbocycles. The summed E-state index contributed by atoms with van der Waals surface area (Å²) >= 11 is 6.23. The third kappa shape index (κ3) is 4.49. The fourth-order valence-electron chi connectivity index (χ4n) is 2.96. The maximum Gasteiger partial charge on any atom is 0.242 e. The van der Waals surface area contributed by atoms with E-state index in [1.165, 1.54) is 20.2 Å². The Hall–Kier alpha value is -2.29. The van der Waals surface area contributed by atoms with Crippen LogP contribution in [0.4, 0.5) is 5.69 Å². The van der Waals surface area contributed by atoms with Crippen LogP contribution >= 0.6 is 11.6 Å². The minimum absolute atomic E-state index is 0.0551. The van der Waals surface area contributed by atoms with Gasteiger partial charge in [0, 0.05) is 19.8 Å². The highest BCUT2D eigenvalue weighted by Gasteiger charge is 2.21. The number of anilines is 1. The number of carbonyl (C=O) groups is 1. The number of hydrogen-bond donors (Lipinski definition) is 1. The van der Waals surface area contributed by atoms with Gasteiger partial charge in [-0.3, -0.25) is 4.79 Å². The van der Waals surface area contributed by atoms with Gasteiger partial charge >= 0.3 is 0 Å². The highest BCUT2D eigenvalue weighted by Crippen LogP contribution is 2.38. The summed E-state index contributed by atoms with van der Waals surface area (Å²) in [7, 11) is -0.682. The monoisotopic (exact) mass is 438 g/mol. The molecule has 29 heavy (non-hydrogen) atoms. The zero-order valence-electron chi connectivity index (χ0n) is 16.7. The van der Waals surface area contributed by atoms with Crippen LogP contribution in [0.25, 0.3) is 0 Å². The second kappa shape index (κ2) is 8.22. The first kappa shape index (κ1) is 21.4. The molecule has 156 valence electrons. The lowest BCUT2D eigenvalue weighted by Gasteiger charge is -2.20. The summed E-state index contributed by atoms with van der Waals surface area (Å²) in [6.07, 6.45) is 0.0551. The first-order valence-corrected chi connectivity index (χ1v) is 10.8. The second-order valence-electron chi connectivity index (χ2n) is 7.03. The zero-order valence-corrected chi connectivity index (χ0v) is 18.3. The number of aryl methyl sites for hydroxylation is 1. The Morgan fingerprint density at radius 1 is 1.14 bits per heavy atom. The van der Waals surface area contributed by atoms with Gasteiger partial charge in [-0.15, -0.1) is 0 Å². The zero-order chi connectivity index (χ0) is 21.3. The van der Waals surface area contributed by atoms with E-state index in [0.29, 0.717) is 41.0 Å². The molecule has 0 atom stereocenters. The summed E-state index contributed by atoms with van der Waals surface area (Å²) in [5.41, 5.74) is 2.70. The minimum Gasteiger partial charge on any atom is -0.486 e. The van der Waals surface area contributed by atoms with E-state index in [2.05, 4.69) is 5.32 Å². The van der Waals surface area contributed by atoms with E-state index in [9.17, 15) is 13.2 Å². The van der Waals surface area contributed by atoms with Crippen molar-refractivity contribution in [2.24, 2.45) is 0 Å². The SMILES string of the molecule is Cc1cc(S(=O)(=O)N(C)C)cc(NC(=O)Cc2cc(Cl)c3c(c2)OCCO3)c1C. The average molecular weight is 439 g/mol. The van der Waals surface area contributed by atoms with Crippen LogP contribution in [0.3, 0.4) is 0 Å². The summed E-state index contributed by atoms with van der Waals surface area (Å²) in [5, 5.41) is 3.20. The van der Waals surface area contributed by atoms with Crippen LogP contribution in [-0.2, 0) is 21.2 Å². The van der Waals surface area contributed by atoms with Crippen molar-refractivity contribution in [3.05, 3.63) is 46.0 Å². The summed E-state index contributed by atoms with van der Waals surface area (Å²) in [5.74, 6) is 0.701. The van der Waals surface area contributed by atoms with Gasteiger partial charge < -0.3 is 14.8 Å². The number of nitrogens with zero attached hydrogens (tertiary/aromatic N) is 1. The van der Waals surface area contributed by atoms with Gasteiger partial charge in [-0.25, -0.2) is 12.7 Å². The van der Waals surface area contributed by atoms with Crippen molar-refractivity contribution < 1.29 is 22.7 Å².